The summed E-state index contributed by atoms with van der Waals surface area (Å²) >= 11 is 13.0. The van der Waals surface area contributed by atoms with Crippen molar-refractivity contribution in [1.29, 1.82) is 0 Å². The van der Waals surface area contributed by atoms with Gasteiger partial charge in [-0.3, -0.25) is 0 Å². The molecule has 0 unspecified atom stereocenters. The number of hydrogen-bond donors (Lipinski definition) is 0. The van der Waals surface area contributed by atoms with Crippen LogP contribution in [0.5, 0.6) is 0 Å². The molecule has 0 radical (unpaired) electrons. The summed E-state index contributed by atoms with van der Waals surface area (Å²) in [5.41, 5.74) is 2.52. The zero-order valence-corrected chi connectivity index (χ0v) is 12.0. The Morgan fingerprint density at radius 3 is 2.43 bits per heavy atom. The second kappa shape index (κ2) is 6.14. The van der Waals surface area contributed by atoms with Crippen LogP contribution in [-0.2, 0) is 6.42 Å². The van der Waals surface area contributed by atoms with Crippen molar-refractivity contribution in [1.82, 2.24) is 0 Å². The van der Waals surface area contributed by atoms with Crippen molar-refractivity contribution in [3.8, 4) is 0 Å². The van der Waals surface area contributed by atoms with Crippen molar-refractivity contribution in [3.05, 3.63) is 34.3 Å². The first-order chi connectivity index (χ1) is 6.67. The highest BCUT2D eigenvalue weighted by molar-refractivity contribution is 9.09. The Morgan fingerprint density at radius 2 is 1.93 bits per heavy atom. The van der Waals surface area contributed by atoms with Crippen molar-refractivity contribution >= 4 is 43.5 Å². The van der Waals surface area contributed by atoms with Gasteiger partial charge < -0.3 is 0 Å². The van der Waals surface area contributed by atoms with Gasteiger partial charge in [-0.15, -0.1) is 0 Å². The monoisotopic (exact) mass is 338 g/mol. The molecule has 0 saturated heterocycles. The van der Waals surface area contributed by atoms with Gasteiger partial charge in [0.2, 0.25) is 0 Å². The standard InChI is InChI=1S/C11H13Br2Cl/c1-8-4-9(2-3-11(8)14)5-10(6-12)7-13/h2-4,10H,5-7H2,1H3. The van der Waals surface area contributed by atoms with Gasteiger partial charge in [0.15, 0.2) is 0 Å². The highest BCUT2D eigenvalue weighted by Crippen LogP contribution is 2.19. The molecule has 1 rings (SSSR count). The zero-order valence-electron chi connectivity index (χ0n) is 8.06. The topological polar surface area (TPSA) is 0 Å². The van der Waals surface area contributed by atoms with Crippen LogP contribution in [0.2, 0.25) is 5.02 Å². The summed E-state index contributed by atoms with van der Waals surface area (Å²) in [6.45, 7) is 2.04. The molecule has 78 valence electrons. The summed E-state index contributed by atoms with van der Waals surface area (Å²) in [6, 6.07) is 6.25. The average Bonchev–Trinajstić information content (AvgIpc) is 2.19. The molecule has 3 heteroatoms. The molecule has 0 aromatic heterocycles. The van der Waals surface area contributed by atoms with E-state index in [-0.39, 0.29) is 0 Å². The number of benzene rings is 1. The molecule has 0 aliphatic heterocycles. The summed E-state index contributed by atoms with van der Waals surface area (Å²) in [7, 11) is 0. The molecule has 0 aliphatic rings. The minimum Gasteiger partial charge on any atom is -0.0925 e. The number of alkyl halides is 2. The predicted molar refractivity (Wildman–Crippen MR) is 71.0 cm³/mol. The van der Waals surface area contributed by atoms with Crippen LogP contribution < -0.4 is 0 Å². The average molecular weight is 340 g/mol. The van der Waals surface area contributed by atoms with Crippen molar-refractivity contribution < 1.29 is 0 Å². The smallest absolute Gasteiger partial charge is 0.0435 e. The van der Waals surface area contributed by atoms with Crippen LogP contribution in [0.15, 0.2) is 18.2 Å². The Kier molecular flexibility index (Phi) is 5.50. The van der Waals surface area contributed by atoms with E-state index in [1.807, 2.05) is 13.0 Å². The first-order valence-corrected chi connectivity index (χ1v) is 7.16. The van der Waals surface area contributed by atoms with Gasteiger partial charge in [0.1, 0.15) is 0 Å². The first-order valence-electron chi connectivity index (χ1n) is 4.54. The minimum absolute atomic E-state index is 0.649. The van der Waals surface area contributed by atoms with Gasteiger partial charge in [0.25, 0.3) is 0 Å². The highest BCUT2D eigenvalue weighted by atomic mass is 79.9. The molecule has 0 nitrogen and oxygen atoms in total. The normalized spacial score (nSPS) is 10.9. The summed E-state index contributed by atoms with van der Waals surface area (Å²) in [5.74, 6) is 0.649. The number of halogens is 3. The predicted octanol–water partition coefficient (Wildman–Crippen LogP) is 4.60. The molecular formula is C11H13Br2Cl. The number of aryl methyl sites for hydroxylation is 1. The van der Waals surface area contributed by atoms with Gasteiger partial charge in [-0.25, -0.2) is 0 Å². The van der Waals surface area contributed by atoms with E-state index >= 15 is 0 Å². The third-order valence-corrected chi connectivity index (χ3v) is 4.44. The fourth-order valence-corrected chi connectivity index (χ4v) is 2.97. The maximum absolute atomic E-state index is 5.97. The molecule has 0 aliphatic carbocycles. The van der Waals surface area contributed by atoms with Gasteiger partial charge in [-0.1, -0.05) is 55.6 Å². The summed E-state index contributed by atoms with van der Waals surface area (Å²) in [5, 5.41) is 2.91. The maximum atomic E-state index is 5.97. The van der Waals surface area contributed by atoms with E-state index in [1.165, 1.54) is 5.56 Å². The van der Waals surface area contributed by atoms with E-state index in [2.05, 4.69) is 44.0 Å². The Hall–Kier alpha value is 0.470. The third kappa shape index (κ3) is 3.56. The van der Waals surface area contributed by atoms with E-state index in [4.69, 9.17) is 11.6 Å². The molecule has 14 heavy (non-hydrogen) atoms. The van der Waals surface area contributed by atoms with Crippen molar-refractivity contribution in [2.45, 2.75) is 13.3 Å². The lowest BCUT2D eigenvalue weighted by Crippen LogP contribution is -2.07. The molecule has 0 N–H and O–H groups in total. The van der Waals surface area contributed by atoms with Crippen LogP contribution in [0.4, 0.5) is 0 Å². The Bertz CT molecular complexity index is 295. The molecule has 1 aromatic rings. The van der Waals surface area contributed by atoms with Gasteiger partial charge in [0.05, 0.1) is 0 Å². The lowest BCUT2D eigenvalue weighted by molar-refractivity contribution is 0.679. The van der Waals surface area contributed by atoms with E-state index in [1.54, 1.807) is 0 Å². The SMILES string of the molecule is Cc1cc(CC(CBr)CBr)ccc1Cl. The van der Waals surface area contributed by atoms with Crippen LogP contribution in [0.3, 0.4) is 0 Å². The molecule has 1 aromatic carbocycles. The van der Waals surface area contributed by atoms with Crippen LogP contribution in [0, 0.1) is 12.8 Å². The highest BCUT2D eigenvalue weighted by Gasteiger charge is 2.07. The van der Waals surface area contributed by atoms with Crippen LogP contribution >= 0.6 is 43.5 Å². The van der Waals surface area contributed by atoms with Gasteiger partial charge in [-0.05, 0) is 36.5 Å². The molecular weight excluding hydrogens is 327 g/mol. The molecule has 0 heterocycles. The summed E-state index contributed by atoms with van der Waals surface area (Å²) < 4.78 is 0. The van der Waals surface area contributed by atoms with Crippen LogP contribution in [0.25, 0.3) is 0 Å². The van der Waals surface area contributed by atoms with Crippen LogP contribution in [-0.4, -0.2) is 10.7 Å². The number of hydrogen-bond acceptors (Lipinski definition) is 0. The lowest BCUT2D eigenvalue weighted by Gasteiger charge is -2.11. The number of rotatable bonds is 4. The van der Waals surface area contributed by atoms with Crippen molar-refractivity contribution in [3.63, 3.8) is 0 Å². The van der Waals surface area contributed by atoms with Gasteiger partial charge in [0, 0.05) is 15.7 Å². The molecule has 0 amide bonds. The Morgan fingerprint density at radius 1 is 1.29 bits per heavy atom. The van der Waals surface area contributed by atoms with E-state index in [0.717, 1.165) is 27.7 Å². The maximum Gasteiger partial charge on any atom is 0.0435 e. The van der Waals surface area contributed by atoms with Gasteiger partial charge in [-0.2, -0.15) is 0 Å². The molecule has 0 spiro atoms. The fourth-order valence-electron chi connectivity index (χ4n) is 1.32. The minimum atomic E-state index is 0.649. The molecule has 0 saturated carbocycles. The Balaban J connectivity index is 2.72. The lowest BCUT2D eigenvalue weighted by atomic mass is 10.0. The van der Waals surface area contributed by atoms with E-state index in [0.29, 0.717) is 5.92 Å². The van der Waals surface area contributed by atoms with E-state index in [9.17, 15) is 0 Å². The van der Waals surface area contributed by atoms with Crippen molar-refractivity contribution in [2.75, 3.05) is 10.7 Å². The second-order valence-corrected chi connectivity index (χ2v) is 5.16. The van der Waals surface area contributed by atoms with E-state index < -0.39 is 0 Å². The summed E-state index contributed by atoms with van der Waals surface area (Å²) in [4.78, 5) is 0. The largest absolute Gasteiger partial charge is 0.0925 e. The summed E-state index contributed by atoms with van der Waals surface area (Å²) in [6.07, 6.45) is 1.09. The zero-order chi connectivity index (χ0) is 10.6. The first kappa shape index (κ1) is 12.5. The molecule has 0 bridgehead atoms. The van der Waals surface area contributed by atoms with Gasteiger partial charge >= 0.3 is 0 Å². The Labute approximate surface area is 107 Å². The second-order valence-electron chi connectivity index (χ2n) is 3.46. The third-order valence-electron chi connectivity index (χ3n) is 2.18. The quantitative estimate of drug-likeness (QED) is 0.703. The van der Waals surface area contributed by atoms with Crippen LogP contribution in [0.1, 0.15) is 11.1 Å². The van der Waals surface area contributed by atoms with Crippen molar-refractivity contribution in [2.24, 2.45) is 5.92 Å². The fraction of sp³-hybridized carbons (Fsp3) is 0.455. The molecule has 0 fully saturated rings. The molecule has 0 atom stereocenters.